The molecule has 0 amide bonds. The molecule has 0 atom stereocenters. The van der Waals surface area contributed by atoms with Gasteiger partial charge in [0.05, 0.1) is 11.3 Å². The van der Waals surface area contributed by atoms with Crippen molar-refractivity contribution in [1.29, 1.82) is 0 Å². The Bertz CT molecular complexity index is 3250. The summed E-state index contributed by atoms with van der Waals surface area (Å²) in [5.74, 6) is 3.44. The number of aromatic nitrogens is 4. The molecule has 0 fully saturated rings. The molecule has 0 N–H and O–H groups in total. The topological polar surface area (TPSA) is 44.3 Å². The second-order valence-electron chi connectivity index (χ2n) is 17.6. The zero-order valence-electron chi connectivity index (χ0n) is 36.5. The summed E-state index contributed by atoms with van der Waals surface area (Å²) in [5.41, 5.74) is 14.2. The molecule has 0 spiro atoms. The van der Waals surface area contributed by atoms with Crippen LogP contribution in [0.3, 0.4) is 0 Å². The van der Waals surface area contributed by atoms with Crippen LogP contribution in [-0.4, -0.2) is 18.9 Å². The van der Waals surface area contributed by atoms with Crippen molar-refractivity contribution in [3.8, 4) is 39.7 Å². The fourth-order valence-corrected chi connectivity index (χ4v) is 9.49. The maximum Gasteiger partial charge on any atom is 2.00 e. The number of nitrogens with zero attached hydrogens (tertiary/aromatic N) is 4. The number of rotatable bonds is 9. The van der Waals surface area contributed by atoms with E-state index in [2.05, 4.69) is 174 Å². The summed E-state index contributed by atoms with van der Waals surface area (Å²) in [7, 11) is 0. The van der Waals surface area contributed by atoms with Crippen LogP contribution < -0.4 is 4.74 Å². The SMILES string of the molecule is CC(C)c1cccc(C(C)C)c1-c1ccc2c(c1)c1ccc(Oc3[c-]c4c(cc3)c3ccccc3n4-c3ccccn3)[c-]c1c1ncc(-c3c(C(C)C)cccc3C(C)C)n21.[Pt+2]. The molecule has 62 heavy (non-hydrogen) atoms. The van der Waals surface area contributed by atoms with Crippen LogP contribution in [0.5, 0.6) is 11.5 Å². The Morgan fingerprint density at radius 1 is 0.516 bits per heavy atom. The molecule has 0 unspecified atom stereocenters. The molecule has 6 heteroatoms. The molecule has 0 aliphatic heterocycles. The molecule has 0 aliphatic rings. The third-order valence-corrected chi connectivity index (χ3v) is 12.4. The number of hydrogen-bond donors (Lipinski definition) is 0. The summed E-state index contributed by atoms with van der Waals surface area (Å²) >= 11 is 0. The normalized spacial score (nSPS) is 12.0. The van der Waals surface area contributed by atoms with Crippen molar-refractivity contribution >= 4 is 49.1 Å². The van der Waals surface area contributed by atoms with E-state index >= 15 is 0 Å². The van der Waals surface area contributed by atoms with Gasteiger partial charge in [0, 0.05) is 40.5 Å². The van der Waals surface area contributed by atoms with Crippen molar-refractivity contribution in [2.24, 2.45) is 0 Å². The minimum atomic E-state index is 0. The standard InChI is InChI=1S/C56H50N4O.Pt/c1-33(2)40-16-13-17-41(34(3)4)54(40)37-22-27-50-47(29-37)44-25-23-38(30-48(44)56-58-32-52(60(50)56)55-42(35(5)6)18-14-19-43(55)36(7)8)61-39-24-26-46-45-15-9-10-20-49(45)59(51(46)31-39)53-21-11-12-28-57-53;/h9-29,32-36H,1-8H3;/q-2;+2. The Kier molecular flexibility index (Phi) is 10.9. The Hall–Kier alpha value is -6.03. The molecule has 6 aromatic carbocycles. The van der Waals surface area contributed by atoms with Crippen LogP contribution >= 0.6 is 0 Å². The molecule has 10 aromatic rings. The van der Waals surface area contributed by atoms with Gasteiger partial charge in [0.25, 0.3) is 0 Å². The maximum absolute atomic E-state index is 6.73. The van der Waals surface area contributed by atoms with E-state index in [0.29, 0.717) is 35.2 Å². The van der Waals surface area contributed by atoms with Gasteiger partial charge in [-0.2, -0.15) is 6.07 Å². The monoisotopic (exact) mass is 989 g/mol. The van der Waals surface area contributed by atoms with Gasteiger partial charge < -0.3 is 13.7 Å². The molecule has 310 valence electrons. The number of hydrogen-bond acceptors (Lipinski definition) is 3. The zero-order valence-corrected chi connectivity index (χ0v) is 38.8. The van der Waals surface area contributed by atoms with Crippen LogP contribution in [0.25, 0.3) is 77.3 Å². The van der Waals surface area contributed by atoms with E-state index in [1.807, 2.05) is 36.5 Å². The number of para-hydroxylation sites is 1. The van der Waals surface area contributed by atoms with Crippen LogP contribution in [0, 0.1) is 12.1 Å². The van der Waals surface area contributed by atoms with Gasteiger partial charge in [-0.15, -0.1) is 29.7 Å². The van der Waals surface area contributed by atoms with E-state index in [0.717, 1.165) is 60.6 Å². The van der Waals surface area contributed by atoms with E-state index in [4.69, 9.17) is 14.7 Å². The van der Waals surface area contributed by atoms with Gasteiger partial charge in [-0.05, 0) is 92.1 Å². The van der Waals surface area contributed by atoms with E-state index in [9.17, 15) is 0 Å². The smallest absolute Gasteiger partial charge is 0.503 e. The molecule has 0 saturated heterocycles. The number of benzene rings is 6. The molecule has 4 heterocycles. The summed E-state index contributed by atoms with van der Waals surface area (Å²) in [6.07, 6.45) is 3.89. The summed E-state index contributed by atoms with van der Waals surface area (Å²) in [5, 5.41) is 5.37. The van der Waals surface area contributed by atoms with E-state index < -0.39 is 0 Å². The van der Waals surface area contributed by atoms with Crippen LogP contribution in [0.1, 0.15) is 101 Å². The fraction of sp³-hybridized carbons (Fsp3) is 0.214. The summed E-state index contributed by atoms with van der Waals surface area (Å²) < 4.78 is 11.3. The molecule has 4 aromatic heterocycles. The van der Waals surface area contributed by atoms with Crippen LogP contribution in [0.15, 0.2) is 134 Å². The van der Waals surface area contributed by atoms with Gasteiger partial charge in [-0.3, -0.25) is 4.98 Å². The summed E-state index contributed by atoms with van der Waals surface area (Å²) in [6, 6.07) is 50.7. The first kappa shape index (κ1) is 41.3. The molecular weight excluding hydrogens is 940 g/mol. The Labute approximate surface area is 378 Å². The van der Waals surface area contributed by atoms with Gasteiger partial charge >= 0.3 is 21.1 Å². The van der Waals surface area contributed by atoms with Gasteiger partial charge in [0.1, 0.15) is 5.82 Å². The van der Waals surface area contributed by atoms with Gasteiger partial charge in [0.15, 0.2) is 0 Å². The van der Waals surface area contributed by atoms with E-state index in [1.54, 1.807) is 0 Å². The number of pyridine rings is 2. The first-order valence-electron chi connectivity index (χ1n) is 21.7. The molecule has 0 saturated carbocycles. The molecule has 10 rings (SSSR count). The number of fused-ring (bicyclic) bond motifs is 9. The first-order chi connectivity index (χ1) is 29.6. The largest absolute Gasteiger partial charge is 2.00 e. The van der Waals surface area contributed by atoms with Gasteiger partial charge in [-0.1, -0.05) is 151 Å². The van der Waals surface area contributed by atoms with Gasteiger partial charge in [-0.25, -0.2) is 4.98 Å². The summed E-state index contributed by atoms with van der Waals surface area (Å²) in [4.78, 5) is 9.96. The minimum absolute atomic E-state index is 0. The van der Waals surface area contributed by atoms with Crippen molar-refractivity contribution in [3.63, 3.8) is 0 Å². The van der Waals surface area contributed by atoms with Gasteiger partial charge in [0.2, 0.25) is 0 Å². The third kappa shape index (κ3) is 6.82. The van der Waals surface area contributed by atoms with Crippen molar-refractivity contribution in [2.75, 3.05) is 0 Å². The van der Waals surface area contributed by atoms with Crippen molar-refractivity contribution in [2.45, 2.75) is 79.1 Å². The van der Waals surface area contributed by atoms with Crippen molar-refractivity contribution in [3.05, 3.63) is 168 Å². The maximum atomic E-state index is 6.73. The van der Waals surface area contributed by atoms with Crippen LogP contribution in [0.2, 0.25) is 0 Å². The van der Waals surface area contributed by atoms with Crippen LogP contribution in [0.4, 0.5) is 0 Å². The minimum Gasteiger partial charge on any atom is -0.503 e. The van der Waals surface area contributed by atoms with Crippen LogP contribution in [-0.2, 0) is 21.1 Å². The second kappa shape index (κ2) is 16.3. The predicted molar refractivity (Wildman–Crippen MR) is 254 cm³/mol. The molecule has 0 bridgehead atoms. The zero-order chi connectivity index (χ0) is 42.1. The second-order valence-corrected chi connectivity index (χ2v) is 17.6. The molecule has 0 radical (unpaired) electrons. The third-order valence-electron chi connectivity index (χ3n) is 12.4. The number of imidazole rings is 1. The van der Waals surface area contributed by atoms with E-state index in [-0.39, 0.29) is 21.1 Å². The van der Waals surface area contributed by atoms with Crippen molar-refractivity contribution in [1.82, 2.24) is 18.9 Å². The molecule has 0 aliphatic carbocycles. The fourth-order valence-electron chi connectivity index (χ4n) is 9.49. The first-order valence-corrected chi connectivity index (χ1v) is 21.7. The average molecular weight is 990 g/mol. The Morgan fingerprint density at radius 2 is 1.13 bits per heavy atom. The predicted octanol–water partition coefficient (Wildman–Crippen LogP) is 15.4. The Balaban J connectivity index is 0.00000490. The number of ether oxygens (including phenoxy) is 1. The van der Waals surface area contributed by atoms with Crippen molar-refractivity contribution < 1.29 is 25.8 Å². The molecular formula is C56H50N4OPt. The van der Waals surface area contributed by atoms with E-state index in [1.165, 1.54) is 38.9 Å². The quantitative estimate of drug-likeness (QED) is 0.107. The molecule has 5 nitrogen and oxygen atoms in total. The Morgan fingerprint density at radius 3 is 1.77 bits per heavy atom. The average Bonchev–Trinajstić information content (AvgIpc) is 3.86. The summed E-state index contributed by atoms with van der Waals surface area (Å²) in [6.45, 7) is 18.3.